The minimum Gasteiger partial charge on any atom is -0.313 e. The molecule has 0 bridgehead atoms. The molecule has 1 N–H and O–H groups in total. The van der Waals surface area contributed by atoms with Crippen LogP contribution in [0.4, 0.5) is 0 Å². The van der Waals surface area contributed by atoms with Crippen LogP contribution >= 0.6 is 0 Å². The third kappa shape index (κ3) is 4.53. The molecule has 1 saturated heterocycles. The van der Waals surface area contributed by atoms with Gasteiger partial charge in [0.05, 0.1) is 0 Å². The highest BCUT2D eigenvalue weighted by Gasteiger charge is 2.25. The molecular weight excluding hydrogens is 258 g/mol. The fourth-order valence-electron chi connectivity index (χ4n) is 3.57. The summed E-state index contributed by atoms with van der Waals surface area (Å²) in [5.41, 5.74) is 1.40. The lowest BCUT2D eigenvalue weighted by molar-refractivity contribution is 0.114. The Morgan fingerprint density at radius 2 is 2.00 bits per heavy atom. The van der Waals surface area contributed by atoms with Crippen molar-refractivity contribution >= 4 is 0 Å². The van der Waals surface area contributed by atoms with E-state index in [-0.39, 0.29) is 0 Å². The van der Waals surface area contributed by atoms with Gasteiger partial charge in [-0.1, -0.05) is 37.3 Å². The standard InChI is InChI=1S/C18H31N3/c1-15(18(19-2)16-9-6-5-7-10-16)13-21-12-8-11-17(14-21)20(3)4/h5-7,9-10,15,17-19H,8,11-14H2,1-4H3. The molecule has 1 aromatic rings. The molecular formula is C18H31N3. The van der Waals surface area contributed by atoms with Gasteiger partial charge in [-0.15, -0.1) is 0 Å². The van der Waals surface area contributed by atoms with Crippen LogP contribution in [-0.4, -0.2) is 56.6 Å². The fraction of sp³-hybridized carbons (Fsp3) is 0.667. The van der Waals surface area contributed by atoms with Crippen LogP contribution in [0, 0.1) is 5.92 Å². The van der Waals surface area contributed by atoms with E-state index in [1.165, 1.54) is 38.0 Å². The lowest BCUT2D eigenvalue weighted by atomic mass is 9.93. The Morgan fingerprint density at radius 3 is 2.62 bits per heavy atom. The summed E-state index contributed by atoms with van der Waals surface area (Å²) < 4.78 is 0. The summed E-state index contributed by atoms with van der Waals surface area (Å²) in [7, 11) is 6.49. The van der Waals surface area contributed by atoms with Gasteiger partial charge in [0.25, 0.3) is 0 Å². The van der Waals surface area contributed by atoms with Crippen molar-refractivity contribution in [3.8, 4) is 0 Å². The zero-order valence-electron chi connectivity index (χ0n) is 14.0. The second-order valence-corrected chi connectivity index (χ2v) is 6.67. The van der Waals surface area contributed by atoms with E-state index in [1.807, 2.05) is 0 Å². The number of nitrogens with one attached hydrogen (secondary N) is 1. The van der Waals surface area contributed by atoms with Gasteiger partial charge in [-0.05, 0) is 52.0 Å². The Labute approximate surface area is 130 Å². The Kier molecular flexibility index (Phi) is 6.22. The van der Waals surface area contributed by atoms with Gasteiger partial charge >= 0.3 is 0 Å². The highest BCUT2D eigenvalue weighted by atomic mass is 15.2. The summed E-state index contributed by atoms with van der Waals surface area (Å²) in [6.45, 7) is 6.00. The van der Waals surface area contributed by atoms with Crippen molar-refractivity contribution in [2.24, 2.45) is 5.92 Å². The molecule has 0 amide bonds. The molecule has 1 aliphatic heterocycles. The molecule has 21 heavy (non-hydrogen) atoms. The lowest BCUT2D eigenvalue weighted by Crippen LogP contribution is -2.47. The van der Waals surface area contributed by atoms with Crippen molar-refractivity contribution in [2.45, 2.75) is 31.8 Å². The molecule has 0 saturated carbocycles. The van der Waals surface area contributed by atoms with E-state index < -0.39 is 0 Å². The highest BCUT2D eigenvalue weighted by molar-refractivity contribution is 5.19. The average Bonchev–Trinajstić information content (AvgIpc) is 2.49. The Balaban J connectivity index is 1.94. The highest BCUT2D eigenvalue weighted by Crippen LogP contribution is 2.24. The molecule has 1 aliphatic rings. The first-order valence-electron chi connectivity index (χ1n) is 8.22. The van der Waals surface area contributed by atoms with Gasteiger partial charge in [0.2, 0.25) is 0 Å². The summed E-state index contributed by atoms with van der Waals surface area (Å²) in [6, 6.07) is 12.0. The minimum atomic E-state index is 0.436. The minimum absolute atomic E-state index is 0.436. The zero-order chi connectivity index (χ0) is 15.2. The summed E-state index contributed by atoms with van der Waals surface area (Å²) in [5.74, 6) is 0.610. The van der Waals surface area contributed by atoms with Gasteiger partial charge in [-0.3, -0.25) is 0 Å². The zero-order valence-corrected chi connectivity index (χ0v) is 14.0. The molecule has 0 aromatic heterocycles. The number of hydrogen-bond donors (Lipinski definition) is 1. The van der Waals surface area contributed by atoms with E-state index in [2.05, 4.69) is 73.5 Å². The van der Waals surface area contributed by atoms with Crippen LogP contribution in [0.5, 0.6) is 0 Å². The second-order valence-electron chi connectivity index (χ2n) is 6.67. The van der Waals surface area contributed by atoms with E-state index >= 15 is 0 Å². The van der Waals surface area contributed by atoms with Gasteiger partial charge in [0, 0.05) is 25.2 Å². The molecule has 3 heteroatoms. The second kappa shape index (κ2) is 7.92. The van der Waals surface area contributed by atoms with Crippen LogP contribution in [-0.2, 0) is 0 Å². The SMILES string of the molecule is CNC(c1ccccc1)C(C)CN1CCCC(N(C)C)C1. The molecule has 1 fully saturated rings. The first-order valence-corrected chi connectivity index (χ1v) is 8.22. The summed E-state index contributed by atoms with van der Waals surface area (Å²) in [5, 5.41) is 3.50. The Bertz CT molecular complexity index is 404. The normalized spacial score (nSPS) is 23.2. The van der Waals surface area contributed by atoms with Gasteiger partial charge in [0.1, 0.15) is 0 Å². The number of piperidine rings is 1. The maximum atomic E-state index is 3.50. The molecule has 118 valence electrons. The third-order valence-electron chi connectivity index (χ3n) is 4.80. The Hall–Kier alpha value is -0.900. The van der Waals surface area contributed by atoms with E-state index in [0.29, 0.717) is 12.0 Å². The smallest absolute Gasteiger partial charge is 0.0355 e. The number of likely N-dealkylation sites (N-methyl/N-ethyl adjacent to an activating group) is 1. The van der Waals surface area contributed by atoms with E-state index in [4.69, 9.17) is 0 Å². The van der Waals surface area contributed by atoms with Crippen molar-refractivity contribution in [1.29, 1.82) is 0 Å². The molecule has 0 aliphatic carbocycles. The lowest BCUT2D eigenvalue weighted by Gasteiger charge is -2.38. The van der Waals surface area contributed by atoms with Gasteiger partial charge in [0.15, 0.2) is 0 Å². The fourth-order valence-corrected chi connectivity index (χ4v) is 3.57. The number of hydrogen-bond acceptors (Lipinski definition) is 3. The first kappa shape index (κ1) is 16.5. The summed E-state index contributed by atoms with van der Waals surface area (Å²) >= 11 is 0. The summed E-state index contributed by atoms with van der Waals surface area (Å²) in [4.78, 5) is 5.02. The van der Waals surface area contributed by atoms with Gasteiger partial charge in [-0.25, -0.2) is 0 Å². The number of likely N-dealkylation sites (tertiary alicyclic amines) is 1. The third-order valence-corrected chi connectivity index (χ3v) is 4.80. The van der Waals surface area contributed by atoms with Crippen molar-refractivity contribution in [1.82, 2.24) is 15.1 Å². The maximum Gasteiger partial charge on any atom is 0.0355 e. The van der Waals surface area contributed by atoms with E-state index in [0.717, 1.165) is 6.04 Å². The molecule has 3 unspecified atom stereocenters. The molecule has 0 spiro atoms. The quantitative estimate of drug-likeness (QED) is 0.868. The van der Waals surface area contributed by atoms with E-state index in [1.54, 1.807) is 0 Å². The van der Waals surface area contributed by atoms with Gasteiger partial charge < -0.3 is 15.1 Å². The molecule has 1 heterocycles. The molecule has 1 aromatic carbocycles. The molecule has 2 rings (SSSR count). The molecule has 0 radical (unpaired) electrons. The predicted octanol–water partition coefficient (Wildman–Crippen LogP) is 2.61. The monoisotopic (exact) mass is 289 g/mol. The number of benzene rings is 1. The van der Waals surface area contributed by atoms with Crippen LogP contribution in [0.15, 0.2) is 30.3 Å². The number of nitrogens with zero attached hydrogens (tertiary/aromatic N) is 2. The largest absolute Gasteiger partial charge is 0.313 e. The van der Waals surface area contributed by atoms with Crippen molar-refractivity contribution < 1.29 is 0 Å². The number of rotatable bonds is 6. The van der Waals surface area contributed by atoms with Crippen LogP contribution in [0.3, 0.4) is 0 Å². The van der Waals surface area contributed by atoms with Crippen LogP contribution in [0.25, 0.3) is 0 Å². The van der Waals surface area contributed by atoms with Crippen molar-refractivity contribution in [3.05, 3.63) is 35.9 Å². The molecule has 3 atom stereocenters. The van der Waals surface area contributed by atoms with Crippen molar-refractivity contribution in [2.75, 3.05) is 40.8 Å². The van der Waals surface area contributed by atoms with Crippen molar-refractivity contribution in [3.63, 3.8) is 0 Å². The van der Waals surface area contributed by atoms with Crippen LogP contribution in [0.2, 0.25) is 0 Å². The predicted molar refractivity (Wildman–Crippen MR) is 90.6 cm³/mol. The Morgan fingerprint density at radius 1 is 1.29 bits per heavy atom. The average molecular weight is 289 g/mol. The van der Waals surface area contributed by atoms with Gasteiger partial charge in [-0.2, -0.15) is 0 Å². The summed E-state index contributed by atoms with van der Waals surface area (Å²) in [6.07, 6.45) is 2.66. The topological polar surface area (TPSA) is 18.5 Å². The van der Waals surface area contributed by atoms with Crippen LogP contribution in [0.1, 0.15) is 31.4 Å². The maximum absolute atomic E-state index is 3.50. The molecule has 3 nitrogen and oxygen atoms in total. The van der Waals surface area contributed by atoms with E-state index in [9.17, 15) is 0 Å². The van der Waals surface area contributed by atoms with Crippen LogP contribution < -0.4 is 5.32 Å². The first-order chi connectivity index (χ1) is 10.1.